The van der Waals surface area contributed by atoms with Gasteiger partial charge in [-0.2, -0.15) is 5.10 Å². The fraction of sp³-hybridized carbons (Fsp3) is 0.750. The standard InChI is InChI=1S/C12H19N3O/c1-15-11-5-7-16-8-9(11)12(14-15)10-4-2-3-6-13-10/h10,13H,2-8H2,1H3. The first-order chi connectivity index (χ1) is 7.86. The van der Waals surface area contributed by atoms with Crippen LogP contribution in [-0.2, 0) is 24.8 Å². The quantitative estimate of drug-likeness (QED) is 0.777. The minimum absolute atomic E-state index is 0.449. The van der Waals surface area contributed by atoms with Crippen molar-refractivity contribution >= 4 is 0 Å². The Balaban J connectivity index is 1.93. The minimum Gasteiger partial charge on any atom is -0.376 e. The zero-order valence-electron chi connectivity index (χ0n) is 9.83. The molecule has 1 fully saturated rings. The van der Waals surface area contributed by atoms with E-state index in [0.29, 0.717) is 6.04 Å². The van der Waals surface area contributed by atoms with Gasteiger partial charge in [-0.3, -0.25) is 4.68 Å². The molecule has 0 amide bonds. The van der Waals surface area contributed by atoms with E-state index in [0.717, 1.165) is 26.2 Å². The predicted molar refractivity (Wildman–Crippen MR) is 61.2 cm³/mol. The third-order valence-electron chi connectivity index (χ3n) is 3.68. The van der Waals surface area contributed by atoms with Gasteiger partial charge in [-0.15, -0.1) is 0 Å². The molecule has 1 atom stereocenters. The van der Waals surface area contributed by atoms with E-state index in [9.17, 15) is 0 Å². The second kappa shape index (κ2) is 4.18. The summed E-state index contributed by atoms with van der Waals surface area (Å²) in [5, 5.41) is 8.26. The Labute approximate surface area is 96.0 Å². The summed E-state index contributed by atoms with van der Waals surface area (Å²) >= 11 is 0. The van der Waals surface area contributed by atoms with E-state index in [1.165, 1.54) is 36.2 Å². The van der Waals surface area contributed by atoms with Gasteiger partial charge < -0.3 is 10.1 Å². The molecule has 4 heteroatoms. The van der Waals surface area contributed by atoms with E-state index in [2.05, 4.69) is 12.4 Å². The SMILES string of the molecule is Cn1nc(C2CCCCN2)c2c1CCOC2. The Kier molecular flexibility index (Phi) is 2.69. The van der Waals surface area contributed by atoms with Gasteiger partial charge in [-0.1, -0.05) is 6.42 Å². The predicted octanol–water partition coefficient (Wildman–Crippen LogP) is 1.31. The fourth-order valence-corrected chi connectivity index (χ4v) is 2.80. The molecule has 88 valence electrons. The van der Waals surface area contributed by atoms with Gasteiger partial charge in [0.2, 0.25) is 0 Å². The van der Waals surface area contributed by atoms with Crippen molar-refractivity contribution in [3.05, 3.63) is 17.0 Å². The maximum absolute atomic E-state index is 5.56. The number of aryl methyl sites for hydroxylation is 1. The number of ether oxygens (including phenoxy) is 1. The largest absolute Gasteiger partial charge is 0.376 e. The maximum Gasteiger partial charge on any atom is 0.0851 e. The molecule has 1 aromatic rings. The Morgan fingerprint density at radius 2 is 2.38 bits per heavy atom. The van der Waals surface area contributed by atoms with Crippen molar-refractivity contribution in [2.45, 2.75) is 38.3 Å². The number of aromatic nitrogens is 2. The van der Waals surface area contributed by atoms with Crippen LogP contribution in [0.2, 0.25) is 0 Å². The number of rotatable bonds is 1. The molecule has 2 aliphatic rings. The summed E-state index contributed by atoms with van der Waals surface area (Å²) in [5.41, 5.74) is 3.94. The highest BCUT2D eigenvalue weighted by atomic mass is 16.5. The Bertz CT molecular complexity index is 380. The fourth-order valence-electron chi connectivity index (χ4n) is 2.80. The van der Waals surface area contributed by atoms with E-state index in [-0.39, 0.29) is 0 Å². The average molecular weight is 221 g/mol. The molecule has 0 saturated carbocycles. The normalized spacial score (nSPS) is 25.4. The number of hydrogen-bond acceptors (Lipinski definition) is 3. The first kappa shape index (κ1) is 10.3. The first-order valence-electron chi connectivity index (χ1n) is 6.22. The zero-order chi connectivity index (χ0) is 11.0. The van der Waals surface area contributed by atoms with Crippen LogP contribution in [0.1, 0.15) is 42.3 Å². The van der Waals surface area contributed by atoms with E-state index in [1.54, 1.807) is 0 Å². The van der Waals surface area contributed by atoms with Gasteiger partial charge in [0, 0.05) is 24.7 Å². The van der Waals surface area contributed by atoms with Crippen LogP contribution in [0.15, 0.2) is 0 Å². The number of piperidine rings is 1. The molecular formula is C12H19N3O. The van der Waals surface area contributed by atoms with Crippen molar-refractivity contribution < 1.29 is 4.74 Å². The molecule has 4 nitrogen and oxygen atoms in total. The second-order valence-corrected chi connectivity index (χ2v) is 4.74. The lowest BCUT2D eigenvalue weighted by molar-refractivity contribution is 0.108. The van der Waals surface area contributed by atoms with Crippen molar-refractivity contribution in [2.75, 3.05) is 13.2 Å². The molecule has 1 unspecified atom stereocenters. The summed E-state index contributed by atoms with van der Waals surface area (Å²) in [4.78, 5) is 0. The molecule has 0 spiro atoms. The lowest BCUT2D eigenvalue weighted by Gasteiger charge is -2.23. The van der Waals surface area contributed by atoms with Gasteiger partial charge in [0.1, 0.15) is 0 Å². The molecule has 1 N–H and O–H groups in total. The smallest absolute Gasteiger partial charge is 0.0851 e. The molecule has 0 bridgehead atoms. The van der Waals surface area contributed by atoms with Gasteiger partial charge in [-0.05, 0) is 19.4 Å². The van der Waals surface area contributed by atoms with Crippen molar-refractivity contribution in [1.82, 2.24) is 15.1 Å². The van der Waals surface area contributed by atoms with Crippen molar-refractivity contribution in [3.8, 4) is 0 Å². The Morgan fingerprint density at radius 3 is 3.19 bits per heavy atom. The van der Waals surface area contributed by atoms with Crippen molar-refractivity contribution in [2.24, 2.45) is 7.05 Å². The summed E-state index contributed by atoms with van der Waals surface area (Å²) in [5.74, 6) is 0. The number of nitrogens with zero attached hydrogens (tertiary/aromatic N) is 2. The van der Waals surface area contributed by atoms with Gasteiger partial charge in [0.25, 0.3) is 0 Å². The van der Waals surface area contributed by atoms with Crippen LogP contribution in [-0.4, -0.2) is 22.9 Å². The molecule has 1 aromatic heterocycles. The van der Waals surface area contributed by atoms with Crippen molar-refractivity contribution in [1.29, 1.82) is 0 Å². The van der Waals surface area contributed by atoms with Crippen LogP contribution in [0.5, 0.6) is 0 Å². The number of fused-ring (bicyclic) bond motifs is 1. The van der Waals surface area contributed by atoms with Crippen molar-refractivity contribution in [3.63, 3.8) is 0 Å². The van der Waals surface area contributed by atoms with E-state index >= 15 is 0 Å². The van der Waals surface area contributed by atoms with Gasteiger partial charge in [0.05, 0.1) is 24.9 Å². The third-order valence-corrected chi connectivity index (χ3v) is 3.68. The summed E-state index contributed by atoms with van der Waals surface area (Å²) in [6.45, 7) is 2.71. The minimum atomic E-state index is 0.449. The average Bonchev–Trinajstić information content (AvgIpc) is 2.69. The molecule has 0 aromatic carbocycles. The Hall–Kier alpha value is -0.870. The summed E-state index contributed by atoms with van der Waals surface area (Å²) in [7, 11) is 2.05. The number of hydrogen-bond donors (Lipinski definition) is 1. The van der Waals surface area contributed by atoms with Gasteiger partial charge in [-0.25, -0.2) is 0 Å². The highest BCUT2D eigenvalue weighted by Crippen LogP contribution is 2.29. The lowest BCUT2D eigenvalue weighted by Crippen LogP contribution is -2.28. The number of nitrogens with one attached hydrogen (secondary N) is 1. The van der Waals surface area contributed by atoms with Crippen LogP contribution in [0.3, 0.4) is 0 Å². The molecule has 0 radical (unpaired) electrons. The monoisotopic (exact) mass is 221 g/mol. The molecular weight excluding hydrogens is 202 g/mol. The lowest BCUT2D eigenvalue weighted by atomic mass is 9.97. The van der Waals surface area contributed by atoms with Crippen LogP contribution < -0.4 is 5.32 Å². The molecule has 3 rings (SSSR count). The summed E-state index contributed by atoms with van der Waals surface area (Å²) in [6.07, 6.45) is 4.82. The Morgan fingerprint density at radius 1 is 1.44 bits per heavy atom. The topological polar surface area (TPSA) is 39.1 Å². The maximum atomic E-state index is 5.56. The molecule has 0 aliphatic carbocycles. The molecule has 1 saturated heterocycles. The third kappa shape index (κ3) is 1.66. The highest BCUT2D eigenvalue weighted by Gasteiger charge is 2.26. The van der Waals surface area contributed by atoms with E-state index in [4.69, 9.17) is 9.84 Å². The molecule has 2 aliphatic heterocycles. The van der Waals surface area contributed by atoms with E-state index in [1.807, 2.05) is 4.68 Å². The molecule has 16 heavy (non-hydrogen) atoms. The van der Waals surface area contributed by atoms with Crippen LogP contribution in [0.25, 0.3) is 0 Å². The highest BCUT2D eigenvalue weighted by molar-refractivity contribution is 5.30. The van der Waals surface area contributed by atoms with Crippen LogP contribution in [0, 0.1) is 0 Å². The summed E-state index contributed by atoms with van der Waals surface area (Å²) < 4.78 is 7.60. The first-order valence-corrected chi connectivity index (χ1v) is 6.22. The van der Waals surface area contributed by atoms with Gasteiger partial charge in [0.15, 0.2) is 0 Å². The van der Waals surface area contributed by atoms with E-state index < -0.39 is 0 Å². The zero-order valence-corrected chi connectivity index (χ0v) is 9.83. The summed E-state index contributed by atoms with van der Waals surface area (Å²) in [6, 6.07) is 0.449. The molecule has 3 heterocycles. The van der Waals surface area contributed by atoms with Crippen LogP contribution in [0.4, 0.5) is 0 Å². The van der Waals surface area contributed by atoms with Gasteiger partial charge >= 0.3 is 0 Å². The second-order valence-electron chi connectivity index (χ2n) is 4.74. The van der Waals surface area contributed by atoms with Crippen LogP contribution >= 0.6 is 0 Å².